The summed E-state index contributed by atoms with van der Waals surface area (Å²) in [7, 11) is 0. The van der Waals surface area contributed by atoms with E-state index < -0.39 is 17.8 Å². The minimum Gasteiger partial charge on any atom is -0.331 e. The van der Waals surface area contributed by atoms with Crippen molar-refractivity contribution >= 4 is 17.5 Å². The van der Waals surface area contributed by atoms with Crippen molar-refractivity contribution in [3.63, 3.8) is 0 Å². The number of hydrogen-bond acceptors (Lipinski definition) is 3. The summed E-state index contributed by atoms with van der Waals surface area (Å²) in [6, 6.07) is 19.0. The fourth-order valence-electron chi connectivity index (χ4n) is 6.29. The molecule has 3 aromatic rings. The van der Waals surface area contributed by atoms with Crippen LogP contribution in [-0.4, -0.2) is 40.7 Å². The normalized spacial score (nSPS) is 21.4. The molecule has 3 aromatic carbocycles. The average molecular weight is 542 g/mol. The van der Waals surface area contributed by atoms with Crippen molar-refractivity contribution < 1.29 is 14.0 Å². The van der Waals surface area contributed by atoms with Crippen LogP contribution < -0.4 is 5.32 Å². The quantitative estimate of drug-likeness (QED) is 0.367. The molecule has 6 heteroatoms. The van der Waals surface area contributed by atoms with E-state index in [2.05, 4.69) is 41.4 Å². The molecule has 5 rings (SSSR count). The third-order valence-corrected chi connectivity index (χ3v) is 8.84. The molecule has 3 atom stereocenters. The number of anilines is 1. The zero-order valence-corrected chi connectivity index (χ0v) is 24.0. The molecule has 2 saturated heterocycles. The molecule has 2 aliphatic heterocycles. The Morgan fingerprint density at radius 1 is 0.900 bits per heavy atom. The number of halogens is 1. The van der Waals surface area contributed by atoms with Crippen LogP contribution in [0.3, 0.4) is 0 Å². The molecular formula is C34H40FN3O2. The molecule has 2 amide bonds. The summed E-state index contributed by atoms with van der Waals surface area (Å²) >= 11 is 0. The smallest absolute Gasteiger partial charge is 0.257 e. The first-order valence-corrected chi connectivity index (χ1v) is 14.5. The highest BCUT2D eigenvalue weighted by Crippen LogP contribution is 2.39. The van der Waals surface area contributed by atoms with Crippen molar-refractivity contribution in [1.29, 1.82) is 0 Å². The molecule has 1 N–H and O–H groups in total. The van der Waals surface area contributed by atoms with Gasteiger partial charge in [-0.1, -0.05) is 42.5 Å². The first-order chi connectivity index (χ1) is 19.2. The van der Waals surface area contributed by atoms with Gasteiger partial charge in [0, 0.05) is 24.8 Å². The zero-order valence-electron chi connectivity index (χ0n) is 24.0. The van der Waals surface area contributed by atoms with E-state index in [4.69, 9.17) is 0 Å². The molecule has 2 aliphatic rings. The van der Waals surface area contributed by atoms with Crippen molar-refractivity contribution in [2.45, 2.75) is 72.0 Å². The monoisotopic (exact) mass is 541 g/mol. The van der Waals surface area contributed by atoms with E-state index in [-0.39, 0.29) is 17.4 Å². The summed E-state index contributed by atoms with van der Waals surface area (Å²) in [5, 5.41) is 3.11. The molecule has 2 unspecified atom stereocenters. The lowest BCUT2D eigenvalue weighted by molar-refractivity contribution is -0.123. The van der Waals surface area contributed by atoms with Gasteiger partial charge in [-0.2, -0.15) is 0 Å². The predicted molar refractivity (Wildman–Crippen MR) is 158 cm³/mol. The van der Waals surface area contributed by atoms with Crippen LogP contribution >= 0.6 is 0 Å². The Labute approximate surface area is 237 Å². The number of piperidine rings is 1. The number of nitrogens with zero attached hydrogens (tertiary/aromatic N) is 2. The van der Waals surface area contributed by atoms with Gasteiger partial charge < -0.3 is 10.2 Å². The Morgan fingerprint density at radius 2 is 1.65 bits per heavy atom. The second-order valence-corrected chi connectivity index (χ2v) is 11.6. The molecular weight excluding hydrogens is 501 g/mol. The van der Waals surface area contributed by atoms with E-state index in [1.165, 1.54) is 24.5 Å². The third-order valence-electron chi connectivity index (χ3n) is 8.84. The molecule has 0 saturated carbocycles. The lowest BCUT2D eigenvalue weighted by Gasteiger charge is -2.41. The maximum atomic E-state index is 14.9. The Balaban J connectivity index is 1.47. The number of aryl methyl sites for hydroxylation is 3. The Kier molecular flexibility index (Phi) is 8.36. The molecule has 0 aliphatic carbocycles. The van der Waals surface area contributed by atoms with Gasteiger partial charge in [0.15, 0.2) is 0 Å². The Bertz CT molecular complexity index is 1370. The fourth-order valence-corrected chi connectivity index (χ4v) is 6.29. The number of nitrogens with one attached hydrogen (secondary N) is 1. The number of carbonyl (C=O) groups is 2. The highest BCUT2D eigenvalue weighted by atomic mass is 19.1. The summed E-state index contributed by atoms with van der Waals surface area (Å²) in [5.74, 6) is -1.47. The highest BCUT2D eigenvalue weighted by Gasteiger charge is 2.40. The van der Waals surface area contributed by atoms with Gasteiger partial charge in [0.2, 0.25) is 5.91 Å². The molecule has 2 fully saturated rings. The minimum atomic E-state index is -0.527. The molecule has 5 nitrogen and oxygen atoms in total. The standard InChI is InChI=1S/C34H40FN3O2/c1-22-12-17-28(20-24(22)3)36-33(39)29-10-7-19-38(34(40)31-23(2)8-5-11-30(31)35)32(29)27-15-13-26(14-16-27)21-37-18-6-9-25(37)4/h5,8,11-17,20,25,29,32H,6-7,9-10,18-19,21H2,1-4H3,(H,36,39)/t25?,29?,32-/m0/s1. The van der Waals surface area contributed by atoms with Crippen molar-refractivity contribution in [3.05, 3.63) is 99.9 Å². The van der Waals surface area contributed by atoms with Crippen LogP contribution in [0.5, 0.6) is 0 Å². The number of benzene rings is 3. The van der Waals surface area contributed by atoms with Crippen LogP contribution in [0, 0.1) is 32.5 Å². The molecule has 40 heavy (non-hydrogen) atoms. The zero-order chi connectivity index (χ0) is 28.4. The molecule has 210 valence electrons. The maximum Gasteiger partial charge on any atom is 0.257 e. The summed E-state index contributed by atoms with van der Waals surface area (Å²) in [4.78, 5) is 31.9. The second-order valence-electron chi connectivity index (χ2n) is 11.6. The first-order valence-electron chi connectivity index (χ1n) is 14.5. The molecule has 0 radical (unpaired) electrons. The van der Waals surface area contributed by atoms with Crippen molar-refractivity contribution in [1.82, 2.24) is 9.80 Å². The van der Waals surface area contributed by atoms with E-state index in [1.807, 2.05) is 32.0 Å². The fraction of sp³-hybridized carbons (Fsp3) is 0.412. The number of hydrogen-bond donors (Lipinski definition) is 1. The van der Waals surface area contributed by atoms with Crippen LogP contribution in [0.4, 0.5) is 10.1 Å². The van der Waals surface area contributed by atoms with E-state index >= 15 is 0 Å². The van der Waals surface area contributed by atoms with Crippen LogP contribution in [0.25, 0.3) is 0 Å². The molecule has 2 heterocycles. The average Bonchev–Trinajstić information content (AvgIpc) is 3.34. The lowest BCUT2D eigenvalue weighted by atomic mass is 9.83. The number of carbonyl (C=O) groups excluding carboxylic acids is 2. The van der Waals surface area contributed by atoms with E-state index in [0.29, 0.717) is 31.0 Å². The summed E-state index contributed by atoms with van der Waals surface area (Å²) in [5.41, 5.74) is 5.81. The second kappa shape index (κ2) is 11.9. The Hall–Kier alpha value is -3.51. The van der Waals surface area contributed by atoms with Gasteiger partial charge in [-0.15, -0.1) is 0 Å². The summed E-state index contributed by atoms with van der Waals surface area (Å²) < 4.78 is 14.9. The van der Waals surface area contributed by atoms with E-state index in [9.17, 15) is 14.0 Å². The minimum absolute atomic E-state index is 0.0855. The summed E-state index contributed by atoms with van der Waals surface area (Å²) in [6.45, 7) is 10.6. The first kappa shape index (κ1) is 28.0. The third kappa shape index (κ3) is 5.83. The SMILES string of the molecule is Cc1ccc(NC(=O)C2CCCN(C(=O)c3c(C)cccc3F)[C@H]2c2ccc(CN3CCCC3C)cc2)cc1C. The lowest BCUT2D eigenvalue weighted by Crippen LogP contribution is -2.46. The van der Waals surface area contributed by atoms with Gasteiger partial charge in [-0.25, -0.2) is 4.39 Å². The van der Waals surface area contributed by atoms with Gasteiger partial charge in [-0.05, 0) is 106 Å². The van der Waals surface area contributed by atoms with E-state index in [0.717, 1.165) is 35.5 Å². The van der Waals surface area contributed by atoms with Gasteiger partial charge in [-0.3, -0.25) is 14.5 Å². The van der Waals surface area contributed by atoms with Crippen LogP contribution in [-0.2, 0) is 11.3 Å². The van der Waals surface area contributed by atoms with E-state index in [1.54, 1.807) is 24.0 Å². The van der Waals surface area contributed by atoms with Gasteiger partial charge in [0.1, 0.15) is 5.82 Å². The maximum absolute atomic E-state index is 14.9. The predicted octanol–water partition coefficient (Wildman–Crippen LogP) is 6.97. The largest absolute Gasteiger partial charge is 0.331 e. The number of likely N-dealkylation sites (tertiary alicyclic amines) is 2. The van der Waals surface area contributed by atoms with Crippen LogP contribution in [0.15, 0.2) is 60.7 Å². The molecule has 0 aromatic heterocycles. The van der Waals surface area contributed by atoms with Gasteiger partial charge in [0.25, 0.3) is 5.91 Å². The van der Waals surface area contributed by atoms with Crippen LogP contribution in [0.1, 0.15) is 76.8 Å². The topological polar surface area (TPSA) is 52.7 Å². The highest BCUT2D eigenvalue weighted by molar-refractivity contribution is 5.98. The van der Waals surface area contributed by atoms with Crippen LogP contribution in [0.2, 0.25) is 0 Å². The number of rotatable bonds is 6. The summed E-state index contributed by atoms with van der Waals surface area (Å²) in [6.07, 6.45) is 3.77. The Morgan fingerprint density at radius 3 is 2.33 bits per heavy atom. The molecule has 0 spiro atoms. The van der Waals surface area contributed by atoms with Gasteiger partial charge in [0.05, 0.1) is 17.5 Å². The van der Waals surface area contributed by atoms with Crippen molar-refractivity contribution in [3.8, 4) is 0 Å². The van der Waals surface area contributed by atoms with Gasteiger partial charge >= 0.3 is 0 Å². The van der Waals surface area contributed by atoms with Crippen molar-refractivity contribution in [2.24, 2.45) is 5.92 Å². The number of amides is 2. The molecule has 0 bridgehead atoms. The van der Waals surface area contributed by atoms with Crippen molar-refractivity contribution in [2.75, 3.05) is 18.4 Å².